The van der Waals surface area contributed by atoms with Crippen molar-refractivity contribution in [3.05, 3.63) is 54.1 Å². The summed E-state index contributed by atoms with van der Waals surface area (Å²) in [6.07, 6.45) is 0. The molecule has 0 spiro atoms. The molecule has 5 nitrogen and oxygen atoms in total. The summed E-state index contributed by atoms with van der Waals surface area (Å²) in [6.45, 7) is 0.511. The van der Waals surface area contributed by atoms with Crippen molar-refractivity contribution in [2.45, 2.75) is 11.4 Å². The quantitative estimate of drug-likeness (QED) is 0.784. The van der Waals surface area contributed by atoms with Gasteiger partial charge in [-0.15, -0.1) is 0 Å². The maximum absolute atomic E-state index is 11.6. The highest BCUT2D eigenvalue weighted by molar-refractivity contribution is 7.89. The van der Waals surface area contributed by atoms with Gasteiger partial charge in [-0.1, -0.05) is 12.1 Å². The predicted molar refractivity (Wildman–Crippen MR) is 80.3 cm³/mol. The molecule has 0 amide bonds. The first kappa shape index (κ1) is 14.5. The average molecular weight is 291 g/mol. The Labute approximate surface area is 118 Å². The van der Waals surface area contributed by atoms with Crippen molar-refractivity contribution >= 4 is 21.4 Å². The highest BCUT2D eigenvalue weighted by Gasteiger charge is 2.10. The Kier molecular flexibility index (Phi) is 4.39. The Morgan fingerprint density at radius 1 is 0.950 bits per heavy atom. The molecule has 0 unspecified atom stereocenters. The first-order valence-corrected chi connectivity index (χ1v) is 7.63. The molecular weight excluding hydrogens is 274 g/mol. The molecule has 2 aromatic rings. The van der Waals surface area contributed by atoms with E-state index in [1.54, 1.807) is 24.3 Å². The Morgan fingerprint density at radius 2 is 1.45 bits per heavy atom. The van der Waals surface area contributed by atoms with Gasteiger partial charge in [-0.3, -0.25) is 0 Å². The van der Waals surface area contributed by atoms with E-state index >= 15 is 0 Å². The second-order valence-electron chi connectivity index (χ2n) is 4.26. The molecule has 0 heterocycles. The van der Waals surface area contributed by atoms with Crippen LogP contribution in [0.1, 0.15) is 5.56 Å². The van der Waals surface area contributed by atoms with E-state index in [9.17, 15) is 8.42 Å². The standard InChI is InChI=1S/C14H17N3O2S/c1-16-20(18,19)14-8-6-13(7-9-14)17-12-4-2-11(10-15)3-5-12/h2-9,16-17H,10,15H2,1H3. The summed E-state index contributed by atoms with van der Waals surface area (Å²) in [5.74, 6) is 0. The number of rotatable bonds is 5. The van der Waals surface area contributed by atoms with E-state index < -0.39 is 10.0 Å². The molecule has 0 aliphatic carbocycles. The summed E-state index contributed by atoms with van der Waals surface area (Å²) in [7, 11) is -2.00. The molecule has 0 atom stereocenters. The van der Waals surface area contributed by atoms with Crippen LogP contribution in [0, 0.1) is 0 Å². The second kappa shape index (κ2) is 6.04. The van der Waals surface area contributed by atoms with Gasteiger partial charge in [0.1, 0.15) is 0 Å². The molecule has 0 fully saturated rings. The molecule has 0 aliphatic heterocycles. The van der Waals surface area contributed by atoms with Crippen LogP contribution >= 0.6 is 0 Å². The van der Waals surface area contributed by atoms with Gasteiger partial charge in [-0.05, 0) is 49.0 Å². The van der Waals surface area contributed by atoms with Gasteiger partial charge < -0.3 is 11.1 Å². The molecule has 2 rings (SSSR count). The van der Waals surface area contributed by atoms with Gasteiger partial charge in [0.05, 0.1) is 4.90 Å². The molecule has 0 saturated carbocycles. The third kappa shape index (κ3) is 3.36. The molecule has 0 saturated heterocycles. The molecule has 106 valence electrons. The minimum atomic E-state index is -3.39. The Morgan fingerprint density at radius 3 is 1.90 bits per heavy atom. The summed E-state index contributed by atoms with van der Waals surface area (Å²) in [5.41, 5.74) is 8.34. The number of hydrogen-bond acceptors (Lipinski definition) is 4. The Hall–Kier alpha value is -1.89. The highest BCUT2D eigenvalue weighted by atomic mass is 32.2. The van der Waals surface area contributed by atoms with Gasteiger partial charge in [0, 0.05) is 17.9 Å². The van der Waals surface area contributed by atoms with Crippen LogP contribution in [0.15, 0.2) is 53.4 Å². The minimum absolute atomic E-state index is 0.240. The number of benzene rings is 2. The smallest absolute Gasteiger partial charge is 0.240 e. The van der Waals surface area contributed by atoms with Crippen LogP contribution in [-0.2, 0) is 16.6 Å². The zero-order chi connectivity index (χ0) is 14.6. The lowest BCUT2D eigenvalue weighted by molar-refractivity contribution is 0.588. The predicted octanol–water partition coefficient (Wildman–Crippen LogP) is 1.80. The van der Waals surface area contributed by atoms with E-state index in [2.05, 4.69) is 10.0 Å². The van der Waals surface area contributed by atoms with Gasteiger partial charge in [0.25, 0.3) is 0 Å². The molecule has 0 bridgehead atoms. The van der Waals surface area contributed by atoms with E-state index in [4.69, 9.17) is 5.73 Å². The van der Waals surface area contributed by atoms with Gasteiger partial charge in [-0.25, -0.2) is 13.1 Å². The summed E-state index contributed by atoms with van der Waals surface area (Å²) < 4.78 is 25.5. The Bertz CT molecular complexity index is 665. The molecule has 0 aliphatic rings. The van der Waals surface area contributed by atoms with Gasteiger partial charge in [-0.2, -0.15) is 0 Å². The monoisotopic (exact) mass is 291 g/mol. The molecule has 6 heteroatoms. The SMILES string of the molecule is CNS(=O)(=O)c1ccc(Nc2ccc(CN)cc2)cc1. The topological polar surface area (TPSA) is 84.2 Å². The third-order valence-electron chi connectivity index (χ3n) is 2.91. The van der Waals surface area contributed by atoms with E-state index in [1.807, 2.05) is 24.3 Å². The lowest BCUT2D eigenvalue weighted by Crippen LogP contribution is -2.18. The van der Waals surface area contributed by atoms with Gasteiger partial charge in [0.2, 0.25) is 10.0 Å². The molecule has 20 heavy (non-hydrogen) atoms. The zero-order valence-electron chi connectivity index (χ0n) is 11.1. The van der Waals surface area contributed by atoms with Gasteiger partial charge >= 0.3 is 0 Å². The van der Waals surface area contributed by atoms with Crippen molar-refractivity contribution in [3.63, 3.8) is 0 Å². The second-order valence-corrected chi connectivity index (χ2v) is 6.14. The van der Waals surface area contributed by atoms with E-state index in [0.29, 0.717) is 6.54 Å². The summed E-state index contributed by atoms with van der Waals surface area (Å²) in [4.78, 5) is 0.240. The van der Waals surface area contributed by atoms with Crippen molar-refractivity contribution < 1.29 is 8.42 Å². The molecule has 0 aromatic heterocycles. The van der Waals surface area contributed by atoms with Crippen LogP contribution in [-0.4, -0.2) is 15.5 Å². The summed E-state index contributed by atoms with van der Waals surface area (Å²) in [5, 5.41) is 3.20. The van der Waals surface area contributed by atoms with Crippen LogP contribution in [0.2, 0.25) is 0 Å². The van der Waals surface area contributed by atoms with Crippen LogP contribution in [0.3, 0.4) is 0 Å². The lowest BCUT2D eigenvalue weighted by atomic mass is 10.2. The minimum Gasteiger partial charge on any atom is -0.356 e. The van der Waals surface area contributed by atoms with Crippen LogP contribution in [0.5, 0.6) is 0 Å². The fourth-order valence-corrected chi connectivity index (χ4v) is 2.46. The van der Waals surface area contributed by atoms with Crippen molar-refractivity contribution in [2.24, 2.45) is 5.73 Å². The number of nitrogens with one attached hydrogen (secondary N) is 2. The van der Waals surface area contributed by atoms with E-state index in [1.165, 1.54) is 7.05 Å². The maximum Gasteiger partial charge on any atom is 0.240 e. The third-order valence-corrected chi connectivity index (χ3v) is 4.34. The summed E-state index contributed by atoms with van der Waals surface area (Å²) >= 11 is 0. The number of hydrogen-bond donors (Lipinski definition) is 3. The molecule has 0 radical (unpaired) electrons. The molecule has 4 N–H and O–H groups in total. The van der Waals surface area contributed by atoms with Gasteiger partial charge in [0.15, 0.2) is 0 Å². The van der Waals surface area contributed by atoms with Crippen molar-refractivity contribution in [1.82, 2.24) is 4.72 Å². The zero-order valence-corrected chi connectivity index (χ0v) is 11.9. The van der Waals surface area contributed by atoms with E-state index in [0.717, 1.165) is 16.9 Å². The normalized spacial score (nSPS) is 11.3. The molecule has 2 aromatic carbocycles. The Balaban J connectivity index is 2.14. The fourth-order valence-electron chi connectivity index (χ4n) is 1.73. The van der Waals surface area contributed by atoms with Crippen LogP contribution in [0.25, 0.3) is 0 Å². The van der Waals surface area contributed by atoms with Crippen molar-refractivity contribution in [1.29, 1.82) is 0 Å². The highest BCUT2D eigenvalue weighted by Crippen LogP contribution is 2.19. The number of anilines is 2. The fraction of sp³-hybridized carbons (Fsp3) is 0.143. The lowest BCUT2D eigenvalue weighted by Gasteiger charge is -2.08. The number of nitrogens with two attached hydrogens (primary N) is 1. The van der Waals surface area contributed by atoms with E-state index in [-0.39, 0.29) is 4.90 Å². The first-order valence-electron chi connectivity index (χ1n) is 6.15. The van der Waals surface area contributed by atoms with Crippen molar-refractivity contribution in [3.8, 4) is 0 Å². The van der Waals surface area contributed by atoms with Crippen LogP contribution < -0.4 is 15.8 Å². The van der Waals surface area contributed by atoms with Crippen LogP contribution in [0.4, 0.5) is 11.4 Å². The first-order chi connectivity index (χ1) is 9.55. The van der Waals surface area contributed by atoms with Crippen molar-refractivity contribution in [2.75, 3.05) is 12.4 Å². The molecular formula is C14H17N3O2S. The largest absolute Gasteiger partial charge is 0.356 e. The number of sulfonamides is 1. The summed E-state index contributed by atoms with van der Waals surface area (Å²) in [6, 6.07) is 14.3. The average Bonchev–Trinajstić information content (AvgIpc) is 2.48. The maximum atomic E-state index is 11.6.